The highest BCUT2D eigenvalue weighted by molar-refractivity contribution is 6.29. The minimum absolute atomic E-state index is 0.949. The van der Waals surface area contributed by atoms with E-state index in [4.69, 9.17) is 0 Å². The second-order valence-corrected chi connectivity index (χ2v) is 20.5. The monoisotopic (exact) mass is 912 g/mol. The second-order valence-electron chi connectivity index (χ2n) is 20.5. The lowest BCUT2D eigenvalue weighted by atomic mass is 9.79. The molecule has 0 fully saturated rings. The molecule has 0 unspecified atom stereocenters. The van der Waals surface area contributed by atoms with Gasteiger partial charge in [-0.25, -0.2) is 0 Å². The maximum absolute atomic E-state index is 2.55. The van der Waals surface area contributed by atoms with Crippen LogP contribution in [0.5, 0.6) is 0 Å². The Morgan fingerprint density at radius 2 is 0.875 bits per heavy atom. The molecule has 0 saturated heterocycles. The van der Waals surface area contributed by atoms with Crippen LogP contribution in [0, 0.1) is 0 Å². The number of hydrogen-bond acceptors (Lipinski definition) is 0. The van der Waals surface area contributed by atoms with Crippen molar-refractivity contribution in [3.8, 4) is 22.5 Å². The summed E-state index contributed by atoms with van der Waals surface area (Å²) in [6.07, 6.45) is 8.78. The standard InChI is InChI=1S/C70H44N2/c1-5-19-61-49(15-1)50-16-2-6-20-62(50)71(61)47-31-37-57-59(39-47)69(55-35-29-45-25-23-41-11-9-13-43-27-33-53(55)67(45)65(41)43)58-38-32-48(72-63-21-7-3-17-51(63)52-18-4-8-22-64(52)72)40-60(58)70(57)56-36-30-46-26-24-42-12-10-14-44-28-34-54(56)68(46)66(42)44/h1-3,5-17,19-28,30-34,36-40H,4,18,29,35H2. The lowest BCUT2D eigenvalue weighted by Crippen LogP contribution is -2.17. The summed E-state index contributed by atoms with van der Waals surface area (Å²) in [5, 5.41) is 23.6. The van der Waals surface area contributed by atoms with Crippen molar-refractivity contribution in [1.82, 2.24) is 9.13 Å². The van der Waals surface area contributed by atoms with Gasteiger partial charge in [-0.2, -0.15) is 0 Å². The van der Waals surface area contributed by atoms with Crippen molar-refractivity contribution in [3.05, 3.63) is 240 Å². The summed E-state index contributed by atoms with van der Waals surface area (Å²) in [5.74, 6) is 0. The Morgan fingerprint density at radius 3 is 1.60 bits per heavy atom. The third-order valence-electron chi connectivity index (χ3n) is 17.0. The number of aromatic nitrogens is 2. The van der Waals surface area contributed by atoms with E-state index in [9.17, 15) is 0 Å². The molecule has 72 heavy (non-hydrogen) atoms. The van der Waals surface area contributed by atoms with E-state index in [0.717, 1.165) is 25.7 Å². The van der Waals surface area contributed by atoms with Crippen LogP contribution in [0.3, 0.4) is 0 Å². The van der Waals surface area contributed by atoms with Crippen LogP contribution in [0.15, 0.2) is 212 Å². The van der Waals surface area contributed by atoms with Crippen molar-refractivity contribution in [2.45, 2.75) is 25.7 Å². The molecular weight excluding hydrogens is 869 g/mol. The van der Waals surface area contributed by atoms with Crippen molar-refractivity contribution in [3.63, 3.8) is 0 Å². The van der Waals surface area contributed by atoms with E-state index in [1.807, 2.05) is 0 Å². The zero-order valence-corrected chi connectivity index (χ0v) is 39.5. The van der Waals surface area contributed by atoms with Crippen molar-refractivity contribution in [1.29, 1.82) is 0 Å². The number of rotatable bonds is 4. The van der Waals surface area contributed by atoms with Gasteiger partial charge in [-0.15, -0.1) is 0 Å². The number of fused-ring (bicyclic) bond motifs is 8. The Morgan fingerprint density at radius 1 is 0.333 bits per heavy atom. The first-order valence-electron chi connectivity index (χ1n) is 25.7. The number of para-hydroxylation sites is 3. The van der Waals surface area contributed by atoms with Gasteiger partial charge in [0.2, 0.25) is 0 Å². The minimum atomic E-state index is 0.949. The average molecular weight is 913 g/mol. The van der Waals surface area contributed by atoms with Crippen LogP contribution in [-0.4, -0.2) is 9.13 Å². The van der Waals surface area contributed by atoms with Crippen molar-refractivity contribution in [2.75, 3.05) is 0 Å². The molecule has 0 spiro atoms. The Kier molecular flexibility index (Phi) is 7.72. The molecule has 0 atom stereocenters. The van der Waals surface area contributed by atoms with Crippen LogP contribution in [0.2, 0.25) is 0 Å². The molecule has 0 N–H and O–H groups in total. The van der Waals surface area contributed by atoms with Gasteiger partial charge in [-0.3, -0.25) is 0 Å². The third kappa shape index (κ3) is 5.13. The highest BCUT2D eigenvalue weighted by atomic mass is 15.0. The maximum Gasteiger partial charge on any atom is 0.0541 e. The maximum atomic E-state index is 2.55. The molecule has 15 aromatic rings. The molecule has 2 aliphatic rings. The first kappa shape index (κ1) is 38.8. The topological polar surface area (TPSA) is 9.86 Å². The Bertz CT molecular complexity index is 4890. The Hall–Kier alpha value is -8.98. The van der Waals surface area contributed by atoms with Gasteiger partial charge in [0.25, 0.3) is 0 Å². The number of aryl methyl sites for hydroxylation is 2. The van der Waals surface area contributed by atoms with Gasteiger partial charge < -0.3 is 9.13 Å². The van der Waals surface area contributed by atoms with Gasteiger partial charge in [-0.1, -0.05) is 170 Å². The van der Waals surface area contributed by atoms with Gasteiger partial charge in [0.1, 0.15) is 0 Å². The predicted molar refractivity (Wildman–Crippen MR) is 307 cm³/mol. The van der Waals surface area contributed by atoms with E-state index in [2.05, 4.69) is 228 Å². The Labute approximate surface area is 414 Å². The van der Waals surface area contributed by atoms with Gasteiger partial charge in [0.15, 0.2) is 0 Å². The van der Waals surface area contributed by atoms with Crippen LogP contribution in [0.25, 0.3) is 142 Å². The molecule has 0 radical (unpaired) electrons. The molecule has 2 aromatic heterocycles. The summed E-state index contributed by atoms with van der Waals surface area (Å²) in [7, 11) is 0. The van der Waals surface area contributed by atoms with Gasteiger partial charge in [0.05, 0.1) is 16.6 Å². The Balaban J connectivity index is 1.08. The lowest BCUT2D eigenvalue weighted by molar-refractivity contribution is 0.968. The fourth-order valence-corrected chi connectivity index (χ4v) is 14.0. The number of allylic oxidation sites excluding steroid dienone is 1. The van der Waals surface area contributed by atoms with E-state index in [1.165, 1.54) is 164 Å². The molecule has 334 valence electrons. The molecule has 2 nitrogen and oxygen atoms in total. The van der Waals surface area contributed by atoms with Crippen molar-refractivity contribution in [2.24, 2.45) is 0 Å². The van der Waals surface area contributed by atoms with Gasteiger partial charge in [-0.05, 0) is 188 Å². The van der Waals surface area contributed by atoms with E-state index < -0.39 is 0 Å². The fourth-order valence-electron chi connectivity index (χ4n) is 14.0. The lowest BCUT2D eigenvalue weighted by Gasteiger charge is -2.25. The number of benzene rings is 13. The SMILES string of the molecule is C1=Cc2c(c3ccccc3n2-c2ccc3c(C4=c5ccc6cccc7ccc(c5c76)CC4)c4cc(-n5c6ccccc6c6ccccc65)ccc4c(-c4ccc5ccc6cccc7ccc4c5c67)c3c2)CC1. The first-order valence-corrected chi connectivity index (χ1v) is 25.7. The zero-order chi connectivity index (χ0) is 46.8. The predicted octanol–water partition coefficient (Wildman–Crippen LogP) is 17.7. The summed E-state index contributed by atoms with van der Waals surface area (Å²) in [6, 6.07) is 79.0. The molecule has 2 heteroatoms. The molecule has 2 aliphatic carbocycles. The van der Waals surface area contributed by atoms with Crippen molar-refractivity contribution < 1.29 is 0 Å². The van der Waals surface area contributed by atoms with Gasteiger partial charge in [0, 0.05) is 33.2 Å². The van der Waals surface area contributed by atoms with Gasteiger partial charge >= 0.3 is 0 Å². The smallest absolute Gasteiger partial charge is 0.0541 e. The highest BCUT2D eigenvalue weighted by Gasteiger charge is 2.27. The molecule has 0 saturated carbocycles. The van der Waals surface area contributed by atoms with E-state index in [0.29, 0.717) is 0 Å². The minimum Gasteiger partial charge on any atom is -0.310 e. The van der Waals surface area contributed by atoms with E-state index in [1.54, 1.807) is 0 Å². The normalized spacial score (nSPS) is 13.8. The first-order chi connectivity index (χ1) is 35.7. The largest absolute Gasteiger partial charge is 0.310 e. The van der Waals surface area contributed by atoms with Crippen LogP contribution in [0.4, 0.5) is 0 Å². The second kappa shape index (κ2) is 14.3. The summed E-state index contributed by atoms with van der Waals surface area (Å²) in [4.78, 5) is 0. The van der Waals surface area contributed by atoms with Crippen LogP contribution >= 0.6 is 0 Å². The number of hydrogen-bond donors (Lipinski definition) is 0. The van der Waals surface area contributed by atoms with E-state index in [-0.39, 0.29) is 0 Å². The molecule has 0 aliphatic heterocycles. The molecule has 17 rings (SSSR count). The highest BCUT2D eigenvalue weighted by Crippen LogP contribution is 2.49. The molecular formula is C70H44N2. The average Bonchev–Trinajstić information content (AvgIpc) is 3.96. The van der Waals surface area contributed by atoms with Crippen LogP contribution in [-0.2, 0) is 12.8 Å². The van der Waals surface area contributed by atoms with Crippen LogP contribution < -0.4 is 5.22 Å². The number of nitrogens with zero attached hydrogens (tertiary/aromatic N) is 2. The van der Waals surface area contributed by atoms with Crippen LogP contribution in [0.1, 0.15) is 35.2 Å². The molecule has 0 bridgehead atoms. The summed E-state index contributed by atoms with van der Waals surface area (Å²) in [6.45, 7) is 0. The molecule has 0 amide bonds. The van der Waals surface area contributed by atoms with Crippen molar-refractivity contribution >= 4 is 120 Å². The summed E-state index contributed by atoms with van der Waals surface area (Å²) >= 11 is 0. The quantitative estimate of drug-likeness (QED) is 0.123. The molecule has 13 aromatic carbocycles. The zero-order valence-electron chi connectivity index (χ0n) is 39.5. The fraction of sp³-hybridized carbons (Fsp3) is 0.0571. The summed E-state index contributed by atoms with van der Waals surface area (Å²) < 4.78 is 5.04. The molecule has 2 heterocycles. The third-order valence-corrected chi connectivity index (χ3v) is 17.0. The van der Waals surface area contributed by atoms with E-state index >= 15 is 0 Å². The summed E-state index contributed by atoms with van der Waals surface area (Å²) in [5.41, 5.74) is 15.6.